The lowest BCUT2D eigenvalue weighted by atomic mass is 9.79. The first-order valence-electron chi connectivity index (χ1n) is 12.4. The second kappa shape index (κ2) is 9.16. The molecule has 0 saturated carbocycles. The van der Waals surface area contributed by atoms with E-state index in [1.807, 2.05) is 0 Å². The molecular weight excluding hydrogens is 364 g/mol. The molecule has 0 N–H and O–H groups in total. The van der Waals surface area contributed by atoms with Gasteiger partial charge in [0.05, 0.1) is 6.61 Å². The van der Waals surface area contributed by atoms with Crippen molar-refractivity contribution in [2.75, 3.05) is 6.61 Å². The molecule has 0 aromatic heterocycles. The molecular formula is C29H40O. The monoisotopic (exact) mass is 404 g/mol. The van der Waals surface area contributed by atoms with Crippen molar-refractivity contribution in [1.82, 2.24) is 0 Å². The minimum Gasteiger partial charge on any atom is -0.493 e. The Labute approximate surface area is 184 Å². The van der Waals surface area contributed by atoms with E-state index in [1.54, 1.807) is 22.3 Å². The van der Waals surface area contributed by atoms with Crippen LogP contribution < -0.4 is 4.74 Å². The van der Waals surface area contributed by atoms with Gasteiger partial charge >= 0.3 is 0 Å². The standard InChI is InChI=1S/C29H40O/c1-19(2)23-14-15-28(26-12-8-7-11-25(23)26)30-17-16-20(3)29-22(5)18-21(4)24-10-6-9-13-27(24)29/h14-15,18-20H,6-13,16-17H2,1-5H3. The Morgan fingerprint density at radius 1 is 0.767 bits per heavy atom. The van der Waals surface area contributed by atoms with Crippen LogP contribution in [0.3, 0.4) is 0 Å². The molecule has 30 heavy (non-hydrogen) atoms. The molecule has 0 spiro atoms. The lowest BCUT2D eigenvalue weighted by Crippen LogP contribution is -2.14. The van der Waals surface area contributed by atoms with Gasteiger partial charge in [0, 0.05) is 0 Å². The average molecular weight is 405 g/mol. The fourth-order valence-corrected chi connectivity index (χ4v) is 6.08. The van der Waals surface area contributed by atoms with Crippen LogP contribution in [-0.4, -0.2) is 6.61 Å². The fourth-order valence-electron chi connectivity index (χ4n) is 6.08. The molecule has 0 saturated heterocycles. The SMILES string of the molecule is Cc1cc(C)c(C(C)CCOc2ccc(C(C)C)c3c2CCCC3)c2c1CCCC2. The van der Waals surface area contributed by atoms with E-state index in [0.717, 1.165) is 18.8 Å². The summed E-state index contributed by atoms with van der Waals surface area (Å²) in [5, 5.41) is 0. The Morgan fingerprint density at radius 2 is 1.40 bits per heavy atom. The van der Waals surface area contributed by atoms with Gasteiger partial charge in [-0.25, -0.2) is 0 Å². The zero-order valence-corrected chi connectivity index (χ0v) is 19.9. The van der Waals surface area contributed by atoms with Crippen molar-refractivity contribution in [3.05, 3.63) is 62.7 Å². The van der Waals surface area contributed by atoms with Crippen molar-refractivity contribution in [3.63, 3.8) is 0 Å². The van der Waals surface area contributed by atoms with Crippen LogP contribution in [-0.2, 0) is 25.7 Å². The number of fused-ring (bicyclic) bond motifs is 2. The lowest BCUT2D eigenvalue weighted by molar-refractivity contribution is 0.296. The van der Waals surface area contributed by atoms with Gasteiger partial charge in [-0.15, -0.1) is 0 Å². The summed E-state index contributed by atoms with van der Waals surface area (Å²) >= 11 is 0. The summed E-state index contributed by atoms with van der Waals surface area (Å²) in [6.45, 7) is 12.5. The summed E-state index contributed by atoms with van der Waals surface area (Å²) in [5.74, 6) is 2.31. The smallest absolute Gasteiger partial charge is 0.122 e. The highest BCUT2D eigenvalue weighted by atomic mass is 16.5. The molecule has 1 unspecified atom stereocenters. The van der Waals surface area contributed by atoms with Gasteiger partial charge in [-0.3, -0.25) is 0 Å². The predicted octanol–water partition coefficient (Wildman–Crippen LogP) is 7.76. The van der Waals surface area contributed by atoms with E-state index in [9.17, 15) is 0 Å². The number of hydrogen-bond acceptors (Lipinski definition) is 1. The van der Waals surface area contributed by atoms with Crippen molar-refractivity contribution in [2.24, 2.45) is 0 Å². The molecule has 0 heterocycles. The number of benzene rings is 2. The Morgan fingerprint density at radius 3 is 2.10 bits per heavy atom. The molecule has 2 aliphatic carbocycles. The number of ether oxygens (including phenoxy) is 1. The van der Waals surface area contributed by atoms with E-state index in [0.29, 0.717) is 11.8 Å². The highest BCUT2D eigenvalue weighted by Gasteiger charge is 2.22. The summed E-state index contributed by atoms with van der Waals surface area (Å²) in [6, 6.07) is 7.01. The Balaban J connectivity index is 1.49. The first-order chi connectivity index (χ1) is 14.5. The van der Waals surface area contributed by atoms with Crippen LogP contribution in [0.4, 0.5) is 0 Å². The van der Waals surface area contributed by atoms with Crippen molar-refractivity contribution >= 4 is 0 Å². The molecule has 162 valence electrons. The minimum absolute atomic E-state index is 0.559. The van der Waals surface area contributed by atoms with E-state index in [2.05, 4.69) is 52.8 Å². The quantitative estimate of drug-likeness (QED) is 0.478. The third kappa shape index (κ3) is 4.18. The Bertz CT molecular complexity index is 905. The third-order valence-electron chi connectivity index (χ3n) is 7.58. The topological polar surface area (TPSA) is 9.23 Å². The predicted molar refractivity (Wildman–Crippen MR) is 128 cm³/mol. The maximum Gasteiger partial charge on any atom is 0.122 e. The van der Waals surface area contributed by atoms with Gasteiger partial charge in [-0.2, -0.15) is 0 Å². The Kier molecular flexibility index (Phi) is 6.56. The van der Waals surface area contributed by atoms with E-state index in [-0.39, 0.29) is 0 Å². The van der Waals surface area contributed by atoms with Gasteiger partial charge in [0.15, 0.2) is 0 Å². The third-order valence-corrected chi connectivity index (χ3v) is 7.58. The lowest BCUT2D eigenvalue weighted by Gasteiger charge is -2.27. The molecule has 0 bridgehead atoms. The zero-order chi connectivity index (χ0) is 21.3. The van der Waals surface area contributed by atoms with Crippen LogP contribution in [0, 0.1) is 13.8 Å². The highest BCUT2D eigenvalue weighted by Crippen LogP contribution is 2.37. The maximum absolute atomic E-state index is 6.44. The molecule has 0 radical (unpaired) electrons. The van der Waals surface area contributed by atoms with Crippen LogP contribution >= 0.6 is 0 Å². The first kappa shape index (κ1) is 21.5. The van der Waals surface area contributed by atoms with Crippen LogP contribution in [0.15, 0.2) is 18.2 Å². The van der Waals surface area contributed by atoms with Gasteiger partial charge in [0.1, 0.15) is 5.75 Å². The largest absolute Gasteiger partial charge is 0.493 e. The van der Waals surface area contributed by atoms with Crippen molar-refractivity contribution in [2.45, 2.75) is 104 Å². The summed E-state index contributed by atoms with van der Waals surface area (Å²) in [6.07, 6.45) is 11.4. The molecule has 0 amide bonds. The number of aryl methyl sites for hydroxylation is 2. The summed E-state index contributed by atoms with van der Waals surface area (Å²) in [7, 11) is 0. The number of hydrogen-bond donors (Lipinski definition) is 0. The zero-order valence-electron chi connectivity index (χ0n) is 19.9. The summed E-state index contributed by atoms with van der Waals surface area (Å²) in [4.78, 5) is 0. The van der Waals surface area contributed by atoms with Gasteiger partial charge in [0.2, 0.25) is 0 Å². The van der Waals surface area contributed by atoms with Crippen LogP contribution in [0.5, 0.6) is 5.75 Å². The first-order valence-corrected chi connectivity index (χ1v) is 12.4. The maximum atomic E-state index is 6.44. The van der Waals surface area contributed by atoms with Crippen molar-refractivity contribution in [3.8, 4) is 5.75 Å². The normalized spacial score (nSPS) is 16.9. The number of rotatable bonds is 6. The van der Waals surface area contributed by atoms with Gasteiger partial charge in [-0.05, 0) is 134 Å². The van der Waals surface area contributed by atoms with E-state index in [1.165, 1.54) is 73.6 Å². The molecule has 1 heteroatoms. The fraction of sp³-hybridized carbons (Fsp3) is 0.586. The van der Waals surface area contributed by atoms with Gasteiger partial charge in [-0.1, -0.05) is 32.9 Å². The van der Waals surface area contributed by atoms with Crippen LogP contribution in [0.2, 0.25) is 0 Å². The van der Waals surface area contributed by atoms with Gasteiger partial charge < -0.3 is 4.74 Å². The minimum atomic E-state index is 0.559. The van der Waals surface area contributed by atoms with Crippen molar-refractivity contribution < 1.29 is 4.74 Å². The molecule has 2 aromatic rings. The second-order valence-corrected chi connectivity index (χ2v) is 10.1. The molecule has 0 aliphatic heterocycles. The van der Waals surface area contributed by atoms with Crippen molar-refractivity contribution in [1.29, 1.82) is 0 Å². The molecule has 1 atom stereocenters. The van der Waals surface area contributed by atoms with Crippen LogP contribution in [0.25, 0.3) is 0 Å². The average Bonchev–Trinajstić information content (AvgIpc) is 2.73. The highest BCUT2D eigenvalue weighted by molar-refractivity contribution is 5.49. The van der Waals surface area contributed by atoms with E-state index in [4.69, 9.17) is 4.74 Å². The summed E-state index contributed by atoms with van der Waals surface area (Å²) < 4.78 is 6.44. The molecule has 4 rings (SSSR count). The molecule has 0 fully saturated rings. The Hall–Kier alpha value is -1.76. The second-order valence-electron chi connectivity index (χ2n) is 10.1. The summed E-state index contributed by atoms with van der Waals surface area (Å²) in [5.41, 5.74) is 12.6. The van der Waals surface area contributed by atoms with E-state index < -0.39 is 0 Å². The van der Waals surface area contributed by atoms with Gasteiger partial charge in [0.25, 0.3) is 0 Å². The molecule has 1 nitrogen and oxygen atoms in total. The molecule has 2 aromatic carbocycles. The molecule has 2 aliphatic rings. The van der Waals surface area contributed by atoms with E-state index >= 15 is 0 Å². The van der Waals surface area contributed by atoms with Crippen LogP contribution in [0.1, 0.15) is 109 Å².